The molecule has 2 aromatic heterocycles. The van der Waals surface area contributed by atoms with Crippen LogP contribution in [0.3, 0.4) is 0 Å². The predicted molar refractivity (Wildman–Crippen MR) is 128 cm³/mol. The number of benzene rings is 1. The molecular formula is C22H29N7O4S. The van der Waals surface area contributed by atoms with Gasteiger partial charge in [-0.05, 0) is 31.2 Å². The molecule has 0 bridgehead atoms. The molecule has 0 aliphatic heterocycles. The van der Waals surface area contributed by atoms with Crippen molar-refractivity contribution in [1.82, 2.24) is 25.0 Å². The molecule has 2 fully saturated rings. The van der Waals surface area contributed by atoms with Gasteiger partial charge in [-0.25, -0.2) is 19.4 Å². The third-order valence-corrected chi connectivity index (χ3v) is 6.99. The minimum absolute atomic E-state index is 0.304. The Morgan fingerprint density at radius 1 is 1.24 bits per heavy atom. The Morgan fingerprint density at radius 2 is 1.97 bits per heavy atom. The van der Waals surface area contributed by atoms with Crippen molar-refractivity contribution in [3.8, 4) is 0 Å². The van der Waals surface area contributed by atoms with E-state index in [1.807, 2.05) is 6.07 Å². The Kier molecular flexibility index (Phi) is 7.49. The SMILES string of the molecule is CCCSc1nc(N[C@@H]2C[C@@H]2c2ccccc2)c2nnn([C@H]3CC[C@H](O)[C@@H]3O)c2n1.NC(=O)O. The third kappa shape index (κ3) is 5.40. The largest absolute Gasteiger partial charge is 0.465 e. The molecule has 1 amide bonds. The topological polar surface area (TPSA) is 172 Å². The summed E-state index contributed by atoms with van der Waals surface area (Å²) in [7, 11) is 0. The lowest BCUT2D eigenvalue weighted by Crippen LogP contribution is -2.28. The molecule has 1 aromatic carbocycles. The van der Waals surface area contributed by atoms with Gasteiger partial charge in [-0.15, -0.1) is 5.10 Å². The van der Waals surface area contributed by atoms with Crippen molar-refractivity contribution in [1.29, 1.82) is 0 Å². The number of anilines is 1. The standard InChI is InChI=1S/C21H26N6O2S.CH3NO2/c1-2-10-30-21-23-19(22-14-11-13(14)12-6-4-3-5-7-12)17-20(24-21)27(26-25-17)15-8-9-16(28)18(15)29;2-1(3)4/h3-7,13-16,18,28-29H,2,8-11H2,1H3,(H,22,23,24);2H2,(H,3,4)/t13-,14-,15+,16+,18-;/m1./s1. The van der Waals surface area contributed by atoms with E-state index in [0.717, 1.165) is 18.6 Å². The highest BCUT2D eigenvalue weighted by atomic mass is 32.2. The predicted octanol–water partition coefficient (Wildman–Crippen LogP) is 2.37. The Balaban J connectivity index is 0.000000636. The van der Waals surface area contributed by atoms with E-state index in [1.54, 1.807) is 16.4 Å². The molecule has 182 valence electrons. The first kappa shape index (κ1) is 24.2. The molecule has 0 radical (unpaired) electrons. The number of hydrogen-bond acceptors (Lipinski definition) is 9. The monoisotopic (exact) mass is 487 g/mol. The minimum atomic E-state index is -1.33. The fourth-order valence-electron chi connectivity index (χ4n) is 4.20. The van der Waals surface area contributed by atoms with Gasteiger partial charge in [0.2, 0.25) is 0 Å². The van der Waals surface area contributed by atoms with Crippen molar-refractivity contribution in [2.75, 3.05) is 11.1 Å². The molecule has 3 aromatic rings. The molecule has 11 nitrogen and oxygen atoms in total. The van der Waals surface area contributed by atoms with Crippen molar-refractivity contribution in [3.63, 3.8) is 0 Å². The van der Waals surface area contributed by atoms with Crippen molar-refractivity contribution in [2.24, 2.45) is 5.73 Å². The molecular weight excluding hydrogens is 458 g/mol. The van der Waals surface area contributed by atoms with Crippen LogP contribution in [-0.4, -0.2) is 70.4 Å². The van der Waals surface area contributed by atoms with Crippen LogP contribution in [0.1, 0.15) is 50.1 Å². The summed E-state index contributed by atoms with van der Waals surface area (Å²) in [4.78, 5) is 18.2. The molecule has 0 spiro atoms. The number of primary amides is 1. The van der Waals surface area contributed by atoms with Gasteiger partial charge in [0.1, 0.15) is 6.10 Å². The van der Waals surface area contributed by atoms with Gasteiger partial charge >= 0.3 is 6.09 Å². The lowest BCUT2D eigenvalue weighted by atomic mass is 10.1. The summed E-state index contributed by atoms with van der Waals surface area (Å²) in [5.74, 6) is 2.08. The van der Waals surface area contributed by atoms with Gasteiger partial charge in [-0.3, -0.25) is 0 Å². The maximum absolute atomic E-state index is 10.4. The number of carbonyl (C=O) groups is 1. The average Bonchev–Trinajstić information content (AvgIpc) is 3.33. The molecule has 0 unspecified atom stereocenters. The quantitative estimate of drug-likeness (QED) is 0.246. The van der Waals surface area contributed by atoms with Crippen LogP contribution < -0.4 is 11.1 Å². The van der Waals surface area contributed by atoms with Gasteiger partial charge < -0.3 is 26.4 Å². The summed E-state index contributed by atoms with van der Waals surface area (Å²) in [6, 6.07) is 10.5. The van der Waals surface area contributed by atoms with Gasteiger partial charge in [0.25, 0.3) is 0 Å². The van der Waals surface area contributed by atoms with Crippen molar-refractivity contribution < 1.29 is 20.1 Å². The molecule has 2 aliphatic carbocycles. The Morgan fingerprint density at radius 3 is 2.62 bits per heavy atom. The maximum atomic E-state index is 10.4. The Bertz CT molecular complexity index is 1130. The van der Waals surface area contributed by atoms with Crippen molar-refractivity contribution >= 4 is 34.8 Å². The van der Waals surface area contributed by atoms with E-state index < -0.39 is 18.3 Å². The summed E-state index contributed by atoms with van der Waals surface area (Å²) in [6.07, 6.45) is 0.332. The summed E-state index contributed by atoms with van der Waals surface area (Å²) in [5.41, 5.74) is 6.58. The molecule has 12 heteroatoms. The highest BCUT2D eigenvalue weighted by Gasteiger charge is 2.40. The van der Waals surface area contributed by atoms with E-state index in [9.17, 15) is 10.2 Å². The third-order valence-electron chi connectivity index (χ3n) is 5.94. The zero-order valence-corrected chi connectivity index (χ0v) is 19.6. The molecule has 0 saturated heterocycles. The first-order valence-electron chi connectivity index (χ1n) is 11.3. The first-order valence-corrected chi connectivity index (χ1v) is 12.3. The number of aliphatic hydroxyl groups excluding tert-OH is 2. The highest BCUT2D eigenvalue weighted by Crippen LogP contribution is 2.43. The maximum Gasteiger partial charge on any atom is 0.402 e. The molecule has 2 saturated carbocycles. The van der Waals surface area contributed by atoms with Gasteiger partial charge in [0.15, 0.2) is 22.1 Å². The highest BCUT2D eigenvalue weighted by molar-refractivity contribution is 7.99. The number of thioether (sulfide) groups is 1. The number of aliphatic hydroxyl groups is 2. The van der Waals surface area contributed by atoms with E-state index in [2.05, 4.69) is 52.6 Å². The lowest BCUT2D eigenvalue weighted by Gasteiger charge is -2.16. The van der Waals surface area contributed by atoms with Crippen LogP contribution in [-0.2, 0) is 0 Å². The van der Waals surface area contributed by atoms with Gasteiger partial charge in [0, 0.05) is 17.7 Å². The average molecular weight is 488 g/mol. The number of fused-ring (bicyclic) bond motifs is 1. The second kappa shape index (κ2) is 10.5. The van der Waals surface area contributed by atoms with Crippen molar-refractivity contribution in [3.05, 3.63) is 35.9 Å². The zero-order valence-electron chi connectivity index (χ0n) is 18.8. The Labute approximate surface area is 200 Å². The summed E-state index contributed by atoms with van der Waals surface area (Å²) in [6.45, 7) is 2.13. The number of aromatic nitrogens is 5. The van der Waals surface area contributed by atoms with E-state index in [1.165, 1.54) is 5.56 Å². The number of nitrogens with zero attached hydrogens (tertiary/aromatic N) is 5. The molecule has 2 heterocycles. The second-order valence-electron chi connectivity index (χ2n) is 8.45. The molecule has 5 rings (SSSR count). The molecule has 2 aliphatic rings. The van der Waals surface area contributed by atoms with Crippen LogP contribution in [0.2, 0.25) is 0 Å². The van der Waals surface area contributed by atoms with Crippen LogP contribution in [0.15, 0.2) is 35.5 Å². The molecule has 6 N–H and O–H groups in total. The van der Waals surface area contributed by atoms with Gasteiger partial charge in [-0.1, -0.05) is 54.2 Å². The van der Waals surface area contributed by atoms with E-state index in [4.69, 9.17) is 19.9 Å². The number of carboxylic acid groups (broad SMARTS) is 1. The summed E-state index contributed by atoms with van der Waals surface area (Å²) >= 11 is 1.61. The number of nitrogens with two attached hydrogens (primary N) is 1. The fourth-order valence-corrected chi connectivity index (χ4v) is 4.89. The van der Waals surface area contributed by atoms with Crippen LogP contribution in [0.5, 0.6) is 0 Å². The molecule has 5 atom stereocenters. The smallest absolute Gasteiger partial charge is 0.402 e. The number of hydrogen-bond donors (Lipinski definition) is 5. The van der Waals surface area contributed by atoms with Crippen LogP contribution in [0.4, 0.5) is 10.6 Å². The van der Waals surface area contributed by atoms with Gasteiger partial charge in [-0.2, -0.15) is 0 Å². The Hall–Kier alpha value is -2.96. The summed E-state index contributed by atoms with van der Waals surface area (Å²) < 4.78 is 1.67. The second-order valence-corrected chi connectivity index (χ2v) is 9.52. The van der Waals surface area contributed by atoms with Gasteiger partial charge in [0.05, 0.1) is 12.1 Å². The normalized spacial score (nSPS) is 25.6. The van der Waals surface area contributed by atoms with Crippen LogP contribution >= 0.6 is 11.8 Å². The number of rotatable bonds is 7. The summed E-state index contributed by atoms with van der Waals surface area (Å²) in [5, 5.41) is 40.4. The number of nitrogens with one attached hydrogen (secondary N) is 1. The zero-order chi connectivity index (χ0) is 24.2. The van der Waals surface area contributed by atoms with Crippen molar-refractivity contribution in [2.45, 2.75) is 68.0 Å². The van der Waals surface area contributed by atoms with E-state index in [-0.39, 0.29) is 6.04 Å². The van der Waals surface area contributed by atoms with Crippen LogP contribution in [0, 0.1) is 0 Å². The molecule has 34 heavy (non-hydrogen) atoms. The first-order chi connectivity index (χ1) is 16.4. The van der Waals surface area contributed by atoms with E-state index in [0.29, 0.717) is 46.9 Å². The van der Waals surface area contributed by atoms with E-state index >= 15 is 0 Å². The fraction of sp³-hybridized carbons (Fsp3) is 0.500. The minimum Gasteiger partial charge on any atom is -0.465 e. The lowest BCUT2D eigenvalue weighted by molar-refractivity contribution is 0.0215. The number of amides is 1. The van der Waals surface area contributed by atoms with Crippen LogP contribution in [0.25, 0.3) is 11.2 Å².